The second kappa shape index (κ2) is 5.74. The fraction of sp³-hybridized carbons (Fsp3) is 0.300. The van der Waals surface area contributed by atoms with Gasteiger partial charge in [-0.2, -0.15) is 0 Å². The molecule has 0 fully saturated rings. The molecule has 1 aromatic rings. The van der Waals surface area contributed by atoms with Crippen LogP contribution in [0.1, 0.15) is 10.4 Å². The molecule has 0 bridgehead atoms. The van der Waals surface area contributed by atoms with E-state index in [0.29, 0.717) is 12.1 Å². The minimum Gasteiger partial charge on any atom is -0.393 e. The molecular weight excluding hydrogens is 281 g/mol. The van der Waals surface area contributed by atoms with Gasteiger partial charge in [-0.3, -0.25) is 14.9 Å². The minimum absolute atomic E-state index is 0.528. The molecule has 10 heteroatoms. The number of nitrogens with zero attached hydrogens (tertiary/aromatic N) is 1. The average molecular weight is 292 g/mol. The van der Waals surface area contributed by atoms with E-state index in [1.165, 1.54) is 0 Å². The molecule has 1 aromatic carbocycles. The zero-order valence-electron chi connectivity index (χ0n) is 10.0. The Morgan fingerprint density at radius 3 is 2.55 bits per heavy atom. The lowest BCUT2D eigenvalue weighted by atomic mass is 10.1. The van der Waals surface area contributed by atoms with Crippen molar-refractivity contribution in [3.63, 3.8) is 0 Å². The van der Waals surface area contributed by atoms with Gasteiger partial charge in [0.1, 0.15) is 11.5 Å². The highest BCUT2D eigenvalue weighted by molar-refractivity contribution is 6.01. The first-order valence-corrected chi connectivity index (χ1v) is 5.27. The number of nitrogen functional groups attached to an aromatic ring is 1. The van der Waals surface area contributed by atoms with Crippen molar-refractivity contribution in [3.05, 3.63) is 33.6 Å². The van der Waals surface area contributed by atoms with Crippen molar-refractivity contribution in [1.82, 2.24) is 5.32 Å². The number of nitrogens with one attached hydrogen (secondary N) is 1. The molecule has 20 heavy (non-hydrogen) atoms. The number of nitro benzene ring substituents is 1. The van der Waals surface area contributed by atoms with Crippen molar-refractivity contribution in [2.75, 3.05) is 18.8 Å². The number of halogens is 3. The molecular formula is C10H11F3N4O3. The second-order valence-corrected chi connectivity index (χ2v) is 3.89. The molecule has 0 atom stereocenters. The number of amides is 1. The van der Waals surface area contributed by atoms with Crippen molar-refractivity contribution in [1.29, 1.82) is 0 Å². The van der Waals surface area contributed by atoms with E-state index in [4.69, 9.17) is 11.5 Å². The first-order valence-electron chi connectivity index (χ1n) is 5.27. The predicted molar refractivity (Wildman–Crippen MR) is 63.8 cm³/mol. The van der Waals surface area contributed by atoms with Crippen LogP contribution in [0.3, 0.4) is 0 Å². The SMILES string of the molecule is NCC(F)(F)CNC(=O)c1cc(F)cc([N+](=O)[O-])c1N. The van der Waals surface area contributed by atoms with Crippen LogP contribution < -0.4 is 16.8 Å². The first-order chi connectivity index (χ1) is 9.18. The van der Waals surface area contributed by atoms with E-state index in [2.05, 4.69) is 0 Å². The van der Waals surface area contributed by atoms with E-state index in [9.17, 15) is 28.1 Å². The largest absolute Gasteiger partial charge is 0.393 e. The van der Waals surface area contributed by atoms with Crippen LogP contribution in [0.5, 0.6) is 0 Å². The highest BCUT2D eigenvalue weighted by Gasteiger charge is 2.29. The summed E-state index contributed by atoms with van der Waals surface area (Å²) < 4.78 is 38.9. The van der Waals surface area contributed by atoms with Crippen LogP contribution in [0.15, 0.2) is 12.1 Å². The fourth-order valence-electron chi connectivity index (χ4n) is 1.32. The first kappa shape index (κ1) is 15.7. The number of hydrogen-bond donors (Lipinski definition) is 3. The number of carbonyl (C=O) groups excluding carboxylic acids is 1. The van der Waals surface area contributed by atoms with Crippen LogP contribution in [0.2, 0.25) is 0 Å². The third kappa shape index (κ3) is 3.57. The van der Waals surface area contributed by atoms with E-state index < -0.39 is 52.6 Å². The maximum atomic E-state index is 13.2. The Morgan fingerprint density at radius 2 is 2.05 bits per heavy atom. The molecule has 0 heterocycles. The van der Waals surface area contributed by atoms with Crippen molar-refractivity contribution in [2.24, 2.45) is 5.73 Å². The van der Waals surface area contributed by atoms with Crippen LogP contribution in [-0.4, -0.2) is 29.8 Å². The molecule has 110 valence electrons. The third-order valence-corrected chi connectivity index (χ3v) is 2.37. The predicted octanol–water partition coefficient (Wildman–Crippen LogP) is 0.640. The van der Waals surface area contributed by atoms with Gasteiger partial charge in [-0.05, 0) is 6.07 Å². The number of benzene rings is 1. The molecule has 5 N–H and O–H groups in total. The number of nitro groups is 1. The topological polar surface area (TPSA) is 124 Å². The van der Waals surface area contributed by atoms with E-state index in [1.807, 2.05) is 0 Å². The Labute approximate surface area is 110 Å². The van der Waals surface area contributed by atoms with Gasteiger partial charge in [0.05, 0.1) is 29.6 Å². The van der Waals surface area contributed by atoms with E-state index in [-0.39, 0.29) is 0 Å². The Bertz CT molecular complexity index is 551. The van der Waals surface area contributed by atoms with Crippen molar-refractivity contribution in [2.45, 2.75) is 5.92 Å². The average Bonchev–Trinajstić information content (AvgIpc) is 2.38. The number of carbonyl (C=O) groups is 1. The summed E-state index contributed by atoms with van der Waals surface area (Å²) in [5.41, 5.74) is 8.10. The second-order valence-electron chi connectivity index (χ2n) is 3.89. The van der Waals surface area contributed by atoms with Crippen LogP contribution in [-0.2, 0) is 0 Å². The molecule has 0 unspecified atom stereocenters. The highest BCUT2D eigenvalue weighted by Crippen LogP contribution is 2.26. The van der Waals surface area contributed by atoms with Crippen molar-refractivity contribution >= 4 is 17.3 Å². The summed E-state index contributed by atoms with van der Waals surface area (Å²) in [5.74, 6) is -5.58. The zero-order chi connectivity index (χ0) is 15.5. The third-order valence-electron chi connectivity index (χ3n) is 2.37. The van der Waals surface area contributed by atoms with Gasteiger partial charge in [-0.25, -0.2) is 13.2 Å². The minimum atomic E-state index is -3.34. The van der Waals surface area contributed by atoms with Gasteiger partial charge >= 0.3 is 0 Å². The molecule has 0 aliphatic carbocycles. The summed E-state index contributed by atoms with van der Waals surface area (Å²) in [5, 5.41) is 12.4. The van der Waals surface area contributed by atoms with Crippen molar-refractivity contribution in [3.8, 4) is 0 Å². The van der Waals surface area contributed by atoms with E-state index in [1.54, 1.807) is 5.32 Å². The molecule has 0 aliphatic rings. The smallest absolute Gasteiger partial charge is 0.295 e. The zero-order valence-corrected chi connectivity index (χ0v) is 10.0. The Kier molecular flexibility index (Phi) is 4.50. The lowest BCUT2D eigenvalue weighted by Crippen LogP contribution is -2.41. The van der Waals surface area contributed by atoms with Gasteiger partial charge in [-0.1, -0.05) is 0 Å². The van der Waals surface area contributed by atoms with Crippen LogP contribution in [0.4, 0.5) is 24.5 Å². The number of nitrogens with two attached hydrogens (primary N) is 2. The monoisotopic (exact) mass is 292 g/mol. The lowest BCUT2D eigenvalue weighted by Gasteiger charge is -2.15. The molecule has 0 aliphatic heterocycles. The molecule has 0 aromatic heterocycles. The molecule has 0 saturated carbocycles. The van der Waals surface area contributed by atoms with Gasteiger partial charge in [0, 0.05) is 0 Å². The maximum Gasteiger partial charge on any atom is 0.295 e. The number of rotatable bonds is 5. The van der Waals surface area contributed by atoms with Gasteiger partial charge in [-0.15, -0.1) is 0 Å². The summed E-state index contributed by atoms with van der Waals surface area (Å²) in [4.78, 5) is 21.2. The highest BCUT2D eigenvalue weighted by atomic mass is 19.3. The molecule has 1 rings (SSSR count). The number of anilines is 1. The number of alkyl halides is 2. The molecule has 0 saturated heterocycles. The normalized spacial score (nSPS) is 11.2. The lowest BCUT2D eigenvalue weighted by molar-refractivity contribution is -0.384. The summed E-state index contributed by atoms with van der Waals surface area (Å²) in [6, 6.07) is 1.15. The van der Waals surface area contributed by atoms with E-state index >= 15 is 0 Å². The quantitative estimate of drug-likeness (QED) is 0.417. The van der Waals surface area contributed by atoms with Crippen LogP contribution in [0, 0.1) is 15.9 Å². The van der Waals surface area contributed by atoms with Gasteiger partial charge in [0.2, 0.25) is 0 Å². The van der Waals surface area contributed by atoms with Crippen molar-refractivity contribution < 1.29 is 22.9 Å². The number of hydrogen-bond acceptors (Lipinski definition) is 5. The maximum absolute atomic E-state index is 13.2. The molecule has 0 radical (unpaired) electrons. The van der Waals surface area contributed by atoms with Gasteiger partial charge < -0.3 is 16.8 Å². The molecule has 0 spiro atoms. The standard InChI is InChI=1S/C10H11F3N4O3/c11-5-1-6(8(15)7(2-5)17(19)20)9(18)16-4-10(12,13)3-14/h1-2H,3-4,14-15H2,(H,16,18). The summed E-state index contributed by atoms with van der Waals surface area (Å²) >= 11 is 0. The Hall–Kier alpha value is -2.36. The van der Waals surface area contributed by atoms with Crippen LogP contribution in [0.25, 0.3) is 0 Å². The van der Waals surface area contributed by atoms with E-state index in [0.717, 1.165) is 0 Å². The summed E-state index contributed by atoms with van der Waals surface area (Å²) in [6.07, 6.45) is 0. The molecule has 1 amide bonds. The van der Waals surface area contributed by atoms with Crippen LogP contribution >= 0.6 is 0 Å². The Balaban J connectivity index is 3.02. The summed E-state index contributed by atoms with van der Waals surface area (Å²) in [7, 11) is 0. The Morgan fingerprint density at radius 1 is 1.45 bits per heavy atom. The van der Waals surface area contributed by atoms with Gasteiger partial charge in [0.25, 0.3) is 17.5 Å². The summed E-state index contributed by atoms with van der Waals surface area (Å²) in [6.45, 7) is -2.09. The van der Waals surface area contributed by atoms with Gasteiger partial charge in [0.15, 0.2) is 0 Å². The fourth-order valence-corrected chi connectivity index (χ4v) is 1.32. The molecule has 7 nitrogen and oxygen atoms in total.